The fourth-order valence-corrected chi connectivity index (χ4v) is 0.922. The summed E-state index contributed by atoms with van der Waals surface area (Å²) in [4.78, 5) is 0. The van der Waals surface area contributed by atoms with Gasteiger partial charge in [-0.25, -0.2) is 10.4 Å². The predicted molar refractivity (Wildman–Crippen MR) is 45.8 cm³/mol. The number of aliphatic hydroxyl groups is 1. The van der Waals surface area contributed by atoms with E-state index in [1.807, 2.05) is 5.01 Å². The molecule has 0 unspecified atom stereocenters. The maximum atomic E-state index is 8.58. The third-order valence-electron chi connectivity index (χ3n) is 1.42. The van der Waals surface area contributed by atoms with Crippen molar-refractivity contribution >= 4 is 0 Å². The van der Waals surface area contributed by atoms with Crippen LogP contribution in [0.3, 0.4) is 0 Å². The average molecular weight is 161 g/mol. The zero-order valence-electron chi connectivity index (χ0n) is 7.21. The van der Waals surface area contributed by atoms with E-state index in [1.165, 1.54) is 0 Å². The number of rotatable bonds is 7. The van der Waals surface area contributed by atoms with Crippen LogP contribution in [0, 0.1) is 0 Å². The summed E-state index contributed by atoms with van der Waals surface area (Å²) in [5, 5.41) is 10.6. The summed E-state index contributed by atoms with van der Waals surface area (Å²) < 4.78 is 0. The molecular weight excluding hydrogens is 142 g/mol. The molecule has 0 spiro atoms. The van der Waals surface area contributed by atoms with Crippen molar-refractivity contribution in [1.29, 1.82) is 0 Å². The first-order valence-corrected chi connectivity index (χ1v) is 4.14. The molecule has 0 aliphatic carbocycles. The van der Waals surface area contributed by atoms with Gasteiger partial charge in [-0.15, -0.1) is 0 Å². The summed E-state index contributed by atoms with van der Waals surface area (Å²) in [6.07, 6.45) is 2.05. The molecule has 0 aliphatic heterocycles. The third-order valence-corrected chi connectivity index (χ3v) is 1.42. The second-order valence-corrected chi connectivity index (χ2v) is 2.45. The van der Waals surface area contributed by atoms with Crippen molar-refractivity contribution < 1.29 is 5.11 Å². The third kappa shape index (κ3) is 6.25. The van der Waals surface area contributed by atoms with E-state index in [9.17, 15) is 0 Å². The highest BCUT2D eigenvalue weighted by Crippen LogP contribution is 1.87. The van der Waals surface area contributed by atoms with E-state index in [1.54, 1.807) is 0 Å². The molecule has 68 valence electrons. The van der Waals surface area contributed by atoms with E-state index in [0.29, 0.717) is 6.54 Å². The van der Waals surface area contributed by atoms with Crippen molar-refractivity contribution in [2.24, 2.45) is 5.73 Å². The second kappa shape index (κ2) is 7.94. The summed E-state index contributed by atoms with van der Waals surface area (Å²) in [5.74, 6) is 0. The van der Waals surface area contributed by atoms with Gasteiger partial charge in [-0.2, -0.15) is 0 Å². The molecule has 0 rings (SSSR count). The van der Waals surface area contributed by atoms with Crippen LogP contribution < -0.4 is 11.2 Å². The molecule has 0 aliphatic rings. The van der Waals surface area contributed by atoms with Gasteiger partial charge >= 0.3 is 0 Å². The SMILES string of the molecule is CCCN(CCCN)NCO. The largest absolute Gasteiger partial charge is 0.380 e. The van der Waals surface area contributed by atoms with Gasteiger partial charge in [0.2, 0.25) is 0 Å². The Hall–Kier alpha value is -0.160. The first-order valence-electron chi connectivity index (χ1n) is 4.14. The zero-order valence-corrected chi connectivity index (χ0v) is 7.21. The number of nitrogens with two attached hydrogens (primary N) is 1. The van der Waals surface area contributed by atoms with Crippen LogP contribution in [-0.4, -0.2) is 36.5 Å². The van der Waals surface area contributed by atoms with Gasteiger partial charge in [-0.1, -0.05) is 6.92 Å². The lowest BCUT2D eigenvalue weighted by Crippen LogP contribution is -2.40. The standard InChI is InChI=1S/C7H19N3O/c1-2-5-10(9-7-11)6-3-4-8/h9,11H,2-8H2,1H3. The highest BCUT2D eigenvalue weighted by atomic mass is 16.3. The minimum atomic E-state index is 0.00454. The molecule has 0 radical (unpaired) electrons. The Morgan fingerprint density at radius 3 is 2.64 bits per heavy atom. The van der Waals surface area contributed by atoms with Gasteiger partial charge in [0.1, 0.15) is 6.73 Å². The van der Waals surface area contributed by atoms with Gasteiger partial charge < -0.3 is 10.8 Å². The molecule has 0 fully saturated rings. The number of nitrogens with zero attached hydrogens (tertiary/aromatic N) is 1. The van der Waals surface area contributed by atoms with E-state index >= 15 is 0 Å². The lowest BCUT2D eigenvalue weighted by atomic mass is 10.4. The highest BCUT2D eigenvalue weighted by Gasteiger charge is 1.99. The minimum Gasteiger partial charge on any atom is -0.380 e. The normalized spacial score (nSPS) is 10.9. The van der Waals surface area contributed by atoms with Crippen molar-refractivity contribution in [3.05, 3.63) is 0 Å². The maximum absolute atomic E-state index is 8.58. The van der Waals surface area contributed by atoms with Crippen molar-refractivity contribution in [3.8, 4) is 0 Å². The minimum absolute atomic E-state index is 0.00454. The predicted octanol–water partition coefficient (Wildman–Crippen LogP) is -0.498. The monoisotopic (exact) mass is 161 g/mol. The summed E-state index contributed by atoms with van der Waals surface area (Å²) in [6, 6.07) is 0. The number of hydrogen-bond acceptors (Lipinski definition) is 4. The van der Waals surface area contributed by atoms with Crippen LogP contribution >= 0.6 is 0 Å². The summed E-state index contributed by atoms with van der Waals surface area (Å²) in [7, 11) is 0. The van der Waals surface area contributed by atoms with Crippen LogP contribution in [0.4, 0.5) is 0 Å². The summed E-state index contributed by atoms with van der Waals surface area (Å²) >= 11 is 0. The first kappa shape index (κ1) is 10.8. The molecule has 4 heteroatoms. The van der Waals surface area contributed by atoms with E-state index in [-0.39, 0.29) is 6.73 Å². The molecule has 0 aromatic carbocycles. The highest BCUT2D eigenvalue weighted by molar-refractivity contribution is 4.50. The fourth-order valence-electron chi connectivity index (χ4n) is 0.922. The molecule has 4 N–H and O–H groups in total. The fraction of sp³-hybridized carbons (Fsp3) is 1.00. The van der Waals surface area contributed by atoms with Crippen LogP contribution in [0.15, 0.2) is 0 Å². The Labute approximate surface area is 68.3 Å². The van der Waals surface area contributed by atoms with Crippen LogP contribution in [0.1, 0.15) is 19.8 Å². The number of hydrazine groups is 1. The molecule has 0 heterocycles. The van der Waals surface area contributed by atoms with E-state index in [4.69, 9.17) is 10.8 Å². The lowest BCUT2D eigenvalue weighted by molar-refractivity contribution is 0.110. The molecule has 0 aromatic rings. The second-order valence-electron chi connectivity index (χ2n) is 2.45. The smallest absolute Gasteiger partial charge is 0.106 e. The Morgan fingerprint density at radius 2 is 2.18 bits per heavy atom. The molecule has 0 atom stereocenters. The number of nitrogens with one attached hydrogen (secondary N) is 1. The first-order chi connectivity index (χ1) is 5.35. The van der Waals surface area contributed by atoms with Gasteiger partial charge in [0, 0.05) is 13.1 Å². The van der Waals surface area contributed by atoms with Crippen LogP contribution in [0.25, 0.3) is 0 Å². The number of hydrogen-bond donors (Lipinski definition) is 3. The number of aliphatic hydroxyl groups excluding tert-OH is 1. The van der Waals surface area contributed by atoms with Crippen LogP contribution in [0.2, 0.25) is 0 Å². The Balaban J connectivity index is 3.34. The zero-order chi connectivity index (χ0) is 8.53. The van der Waals surface area contributed by atoms with Crippen LogP contribution in [0.5, 0.6) is 0 Å². The Morgan fingerprint density at radius 1 is 1.45 bits per heavy atom. The molecular formula is C7H19N3O. The van der Waals surface area contributed by atoms with E-state index in [2.05, 4.69) is 12.3 Å². The van der Waals surface area contributed by atoms with Gasteiger partial charge in [0.15, 0.2) is 0 Å². The van der Waals surface area contributed by atoms with Gasteiger partial charge in [0.05, 0.1) is 0 Å². The average Bonchev–Trinajstić information content (AvgIpc) is 2.01. The molecule has 0 aromatic heterocycles. The molecule has 0 bridgehead atoms. The lowest BCUT2D eigenvalue weighted by Gasteiger charge is -2.20. The van der Waals surface area contributed by atoms with E-state index < -0.39 is 0 Å². The van der Waals surface area contributed by atoms with Crippen molar-refractivity contribution in [2.75, 3.05) is 26.4 Å². The van der Waals surface area contributed by atoms with Crippen molar-refractivity contribution in [2.45, 2.75) is 19.8 Å². The molecule has 4 nitrogen and oxygen atoms in total. The van der Waals surface area contributed by atoms with Crippen LogP contribution in [-0.2, 0) is 0 Å². The Bertz CT molecular complexity index is 74.1. The van der Waals surface area contributed by atoms with Gasteiger partial charge in [-0.05, 0) is 19.4 Å². The Kier molecular flexibility index (Phi) is 7.83. The molecule has 0 saturated heterocycles. The maximum Gasteiger partial charge on any atom is 0.106 e. The molecule has 0 saturated carbocycles. The quantitative estimate of drug-likeness (QED) is 0.348. The van der Waals surface area contributed by atoms with Gasteiger partial charge in [0.25, 0.3) is 0 Å². The molecule has 0 amide bonds. The van der Waals surface area contributed by atoms with Crippen molar-refractivity contribution in [1.82, 2.24) is 10.4 Å². The van der Waals surface area contributed by atoms with E-state index in [0.717, 1.165) is 25.9 Å². The topological polar surface area (TPSA) is 61.5 Å². The molecule has 11 heavy (non-hydrogen) atoms. The summed E-state index contributed by atoms with van der Waals surface area (Å²) in [6.45, 7) is 4.68. The summed E-state index contributed by atoms with van der Waals surface area (Å²) in [5.41, 5.74) is 8.20. The van der Waals surface area contributed by atoms with Gasteiger partial charge in [-0.3, -0.25) is 0 Å². The van der Waals surface area contributed by atoms with Crippen molar-refractivity contribution in [3.63, 3.8) is 0 Å².